The molecule has 0 radical (unpaired) electrons. The van der Waals surface area contributed by atoms with Gasteiger partial charge in [-0.3, -0.25) is 0 Å². The van der Waals surface area contributed by atoms with Crippen LogP contribution in [0.3, 0.4) is 0 Å². The minimum absolute atomic E-state index is 0.378. The molecule has 2 nitrogen and oxygen atoms in total. The second-order valence-electron chi connectivity index (χ2n) is 4.72. The number of aliphatic hydroxyl groups excluding tert-OH is 1. The molecule has 1 aromatic rings. The van der Waals surface area contributed by atoms with Crippen LogP contribution < -0.4 is 4.74 Å². The maximum atomic E-state index is 10.0. The minimum atomic E-state index is -0.378. The van der Waals surface area contributed by atoms with Crippen molar-refractivity contribution in [2.45, 2.75) is 39.7 Å². The number of hydrogen-bond acceptors (Lipinski definition) is 2. The highest BCUT2D eigenvalue weighted by molar-refractivity contribution is 5.37. The molecule has 1 aromatic carbocycles. The Hall–Kier alpha value is -1.02. The normalized spacial score (nSPS) is 12.9. The van der Waals surface area contributed by atoms with Gasteiger partial charge >= 0.3 is 0 Å². The quantitative estimate of drug-likeness (QED) is 0.826. The molecule has 0 bridgehead atoms. The Bertz CT molecular complexity index is 332. The Labute approximate surface area is 98.3 Å². The fourth-order valence-electron chi connectivity index (χ4n) is 1.70. The van der Waals surface area contributed by atoms with Crippen LogP contribution in [-0.2, 0) is 0 Å². The number of rotatable bonds is 5. The van der Waals surface area contributed by atoms with Gasteiger partial charge in [-0.2, -0.15) is 0 Å². The minimum Gasteiger partial charge on any atom is -0.496 e. The van der Waals surface area contributed by atoms with Gasteiger partial charge in [0.05, 0.1) is 13.2 Å². The molecule has 0 saturated carbocycles. The highest BCUT2D eigenvalue weighted by Crippen LogP contribution is 2.26. The first-order valence-corrected chi connectivity index (χ1v) is 5.87. The Morgan fingerprint density at radius 2 is 1.94 bits per heavy atom. The van der Waals surface area contributed by atoms with Crippen molar-refractivity contribution in [3.8, 4) is 5.75 Å². The summed E-state index contributed by atoms with van der Waals surface area (Å²) in [7, 11) is 1.66. The van der Waals surface area contributed by atoms with Crippen LogP contribution in [0.15, 0.2) is 18.2 Å². The molecule has 0 fully saturated rings. The SMILES string of the molecule is COc1cc(C(O)CCC(C)C)ccc1C. The number of aliphatic hydroxyl groups is 1. The number of aryl methyl sites for hydroxylation is 1. The third-order valence-electron chi connectivity index (χ3n) is 2.83. The summed E-state index contributed by atoms with van der Waals surface area (Å²) in [5.41, 5.74) is 2.05. The van der Waals surface area contributed by atoms with Crippen LogP contribution in [0.1, 0.15) is 43.9 Å². The molecule has 90 valence electrons. The van der Waals surface area contributed by atoms with Crippen molar-refractivity contribution in [1.29, 1.82) is 0 Å². The van der Waals surface area contributed by atoms with Crippen molar-refractivity contribution in [3.63, 3.8) is 0 Å². The van der Waals surface area contributed by atoms with E-state index in [9.17, 15) is 5.11 Å². The zero-order valence-corrected chi connectivity index (χ0v) is 10.7. The van der Waals surface area contributed by atoms with Gasteiger partial charge in [-0.15, -0.1) is 0 Å². The first kappa shape index (κ1) is 13.0. The molecule has 0 aromatic heterocycles. The molecule has 0 spiro atoms. The third-order valence-corrected chi connectivity index (χ3v) is 2.83. The Morgan fingerprint density at radius 1 is 1.25 bits per heavy atom. The Balaban J connectivity index is 2.72. The lowest BCUT2D eigenvalue weighted by Crippen LogP contribution is -2.01. The molecule has 0 aliphatic carbocycles. The molecule has 16 heavy (non-hydrogen) atoms. The van der Waals surface area contributed by atoms with Gasteiger partial charge in [0, 0.05) is 0 Å². The van der Waals surface area contributed by atoms with Gasteiger partial charge in [-0.25, -0.2) is 0 Å². The van der Waals surface area contributed by atoms with Crippen LogP contribution in [0, 0.1) is 12.8 Å². The van der Waals surface area contributed by atoms with Gasteiger partial charge in [0.1, 0.15) is 5.75 Å². The van der Waals surface area contributed by atoms with E-state index in [-0.39, 0.29) is 6.10 Å². The van der Waals surface area contributed by atoms with Crippen LogP contribution in [0.4, 0.5) is 0 Å². The van der Waals surface area contributed by atoms with E-state index in [2.05, 4.69) is 13.8 Å². The van der Waals surface area contributed by atoms with E-state index >= 15 is 0 Å². The van der Waals surface area contributed by atoms with E-state index in [1.54, 1.807) is 7.11 Å². The molecule has 0 saturated heterocycles. The molecule has 2 heteroatoms. The van der Waals surface area contributed by atoms with Crippen LogP contribution in [0.25, 0.3) is 0 Å². The highest BCUT2D eigenvalue weighted by Gasteiger charge is 2.10. The summed E-state index contributed by atoms with van der Waals surface area (Å²) in [6, 6.07) is 5.90. The summed E-state index contributed by atoms with van der Waals surface area (Å²) in [6.07, 6.45) is 1.47. The van der Waals surface area contributed by atoms with Gasteiger partial charge in [-0.1, -0.05) is 26.0 Å². The molecule has 0 amide bonds. The first-order chi connectivity index (χ1) is 7.54. The van der Waals surface area contributed by atoms with Gasteiger partial charge in [-0.05, 0) is 42.9 Å². The number of methoxy groups -OCH3 is 1. The van der Waals surface area contributed by atoms with Gasteiger partial charge in [0.25, 0.3) is 0 Å². The fraction of sp³-hybridized carbons (Fsp3) is 0.571. The van der Waals surface area contributed by atoms with E-state index in [4.69, 9.17) is 4.74 Å². The molecule has 1 atom stereocenters. The standard InChI is InChI=1S/C14H22O2/c1-10(2)5-8-13(15)12-7-6-11(3)14(9-12)16-4/h6-7,9-10,13,15H,5,8H2,1-4H3. The van der Waals surface area contributed by atoms with Crippen LogP contribution >= 0.6 is 0 Å². The summed E-state index contributed by atoms with van der Waals surface area (Å²) in [5, 5.41) is 10.0. The van der Waals surface area contributed by atoms with E-state index in [0.717, 1.165) is 29.7 Å². The first-order valence-electron chi connectivity index (χ1n) is 5.87. The molecule has 0 aliphatic heterocycles. The van der Waals surface area contributed by atoms with E-state index < -0.39 is 0 Å². The van der Waals surface area contributed by atoms with Crippen molar-refractivity contribution in [1.82, 2.24) is 0 Å². The summed E-state index contributed by atoms with van der Waals surface area (Å²) in [6.45, 7) is 6.34. The molecule has 1 rings (SSSR count). The molecule has 1 unspecified atom stereocenters. The lowest BCUT2D eigenvalue weighted by Gasteiger charge is -2.14. The van der Waals surface area contributed by atoms with E-state index in [0.29, 0.717) is 5.92 Å². The smallest absolute Gasteiger partial charge is 0.122 e. The number of ether oxygens (including phenoxy) is 1. The van der Waals surface area contributed by atoms with Crippen LogP contribution in [0.5, 0.6) is 5.75 Å². The van der Waals surface area contributed by atoms with E-state index in [1.807, 2.05) is 25.1 Å². The topological polar surface area (TPSA) is 29.5 Å². The van der Waals surface area contributed by atoms with E-state index in [1.165, 1.54) is 0 Å². The third kappa shape index (κ3) is 3.53. The number of benzene rings is 1. The van der Waals surface area contributed by atoms with Crippen molar-refractivity contribution in [2.24, 2.45) is 5.92 Å². The Kier molecular flexibility index (Phi) is 4.81. The van der Waals surface area contributed by atoms with Gasteiger partial charge < -0.3 is 9.84 Å². The van der Waals surface area contributed by atoms with Crippen molar-refractivity contribution >= 4 is 0 Å². The molecule has 0 aliphatic rings. The predicted molar refractivity (Wildman–Crippen MR) is 66.8 cm³/mol. The number of hydrogen-bond donors (Lipinski definition) is 1. The maximum Gasteiger partial charge on any atom is 0.122 e. The summed E-state index contributed by atoms with van der Waals surface area (Å²) in [5.74, 6) is 1.48. The largest absolute Gasteiger partial charge is 0.496 e. The maximum absolute atomic E-state index is 10.0. The zero-order chi connectivity index (χ0) is 12.1. The van der Waals surface area contributed by atoms with Crippen LogP contribution in [0.2, 0.25) is 0 Å². The fourth-order valence-corrected chi connectivity index (χ4v) is 1.70. The Morgan fingerprint density at radius 3 is 2.50 bits per heavy atom. The summed E-state index contributed by atoms with van der Waals surface area (Å²) >= 11 is 0. The van der Waals surface area contributed by atoms with Crippen LogP contribution in [-0.4, -0.2) is 12.2 Å². The summed E-state index contributed by atoms with van der Waals surface area (Å²) < 4.78 is 5.25. The summed E-state index contributed by atoms with van der Waals surface area (Å²) in [4.78, 5) is 0. The average Bonchev–Trinajstić information content (AvgIpc) is 2.26. The zero-order valence-electron chi connectivity index (χ0n) is 10.7. The van der Waals surface area contributed by atoms with Crippen molar-refractivity contribution in [2.75, 3.05) is 7.11 Å². The van der Waals surface area contributed by atoms with Gasteiger partial charge in [0.15, 0.2) is 0 Å². The molecule has 0 heterocycles. The monoisotopic (exact) mass is 222 g/mol. The second kappa shape index (κ2) is 5.90. The van der Waals surface area contributed by atoms with Crippen molar-refractivity contribution in [3.05, 3.63) is 29.3 Å². The lowest BCUT2D eigenvalue weighted by molar-refractivity contribution is 0.159. The lowest BCUT2D eigenvalue weighted by atomic mass is 9.99. The highest BCUT2D eigenvalue weighted by atomic mass is 16.5. The predicted octanol–water partition coefficient (Wildman–Crippen LogP) is 3.47. The molecular weight excluding hydrogens is 200 g/mol. The van der Waals surface area contributed by atoms with Crippen molar-refractivity contribution < 1.29 is 9.84 Å². The van der Waals surface area contributed by atoms with Gasteiger partial charge in [0.2, 0.25) is 0 Å². The second-order valence-corrected chi connectivity index (χ2v) is 4.72. The average molecular weight is 222 g/mol. The molecular formula is C14H22O2. The molecule has 1 N–H and O–H groups in total.